The molecule has 2 heterocycles. The fourth-order valence-corrected chi connectivity index (χ4v) is 1.06. The fourth-order valence-electron chi connectivity index (χ4n) is 1.06. The van der Waals surface area contributed by atoms with Crippen molar-refractivity contribution in [2.24, 2.45) is 0 Å². The summed E-state index contributed by atoms with van der Waals surface area (Å²) in [7, 11) is 0. The zero-order valence-corrected chi connectivity index (χ0v) is 7.33. The maximum atomic E-state index is 6.70. The van der Waals surface area contributed by atoms with Gasteiger partial charge in [0.15, 0.2) is 5.82 Å². The third-order valence-corrected chi connectivity index (χ3v) is 1.72. The molecule has 5 heteroatoms. The highest BCUT2D eigenvalue weighted by atomic mass is 15.3. The van der Waals surface area contributed by atoms with Crippen molar-refractivity contribution in [2.75, 3.05) is 0 Å². The molecule has 0 unspecified atom stereocenters. The van der Waals surface area contributed by atoms with Gasteiger partial charge in [0, 0.05) is 11.8 Å². The molecule has 0 N–H and O–H groups in total. The molecule has 2 aromatic rings. The third kappa shape index (κ3) is 1.59. The standard InChI is InChI=1S/C9H7N5/c1-10-4-8-2-3-9(12-5-8)14-7-11-6-13-14/h2-3,5-7H,4H2. The van der Waals surface area contributed by atoms with Crippen LogP contribution >= 0.6 is 0 Å². The number of pyridine rings is 1. The highest BCUT2D eigenvalue weighted by Crippen LogP contribution is 2.04. The van der Waals surface area contributed by atoms with E-state index in [0.717, 1.165) is 5.56 Å². The molecule has 14 heavy (non-hydrogen) atoms. The molecule has 0 saturated heterocycles. The molecular formula is C9H7N5. The Kier molecular flexibility index (Phi) is 2.19. The van der Waals surface area contributed by atoms with Crippen LogP contribution in [0.2, 0.25) is 0 Å². The van der Waals surface area contributed by atoms with E-state index in [1.807, 2.05) is 12.1 Å². The Hall–Kier alpha value is -2.22. The number of aromatic nitrogens is 4. The van der Waals surface area contributed by atoms with E-state index >= 15 is 0 Å². The van der Waals surface area contributed by atoms with Gasteiger partial charge in [-0.2, -0.15) is 5.10 Å². The van der Waals surface area contributed by atoms with E-state index in [2.05, 4.69) is 19.9 Å². The average molecular weight is 185 g/mol. The van der Waals surface area contributed by atoms with E-state index < -0.39 is 0 Å². The Morgan fingerprint density at radius 1 is 1.43 bits per heavy atom. The van der Waals surface area contributed by atoms with E-state index in [1.54, 1.807) is 17.2 Å². The summed E-state index contributed by atoms with van der Waals surface area (Å²) >= 11 is 0. The molecule has 0 aromatic carbocycles. The van der Waals surface area contributed by atoms with Gasteiger partial charge in [-0.3, -0.25) is 0 Å². The first kappa shape index (κ1) is 8.38. The van der Waals surface area contributed by atoms with Crippen LogP contribution < -0.4 is 0 Å². The van der Waals surface area contributed by atoms with Crippen molar-refractivity contribution >= 4 is 0 Å². The Labute approximate surface area is 80.9 Å². The van der Waals surface area contributed by atoms with Crippen LogP contribution in [0.25, 0.3) is 10.7 Å². The lowest BCUT2D eigenvalue weighted by Gasteiger charge is -1.98. The molecule has 0 atom stereocenters. The predicted molar refractivity (Wildman–Crippen MR) is 49.5 cm³/mol. The van der Waals surface area contributed by atoms with Crippen molar-refractivity contribution in [3.8, 4) is 5.82 Å². The molecule has 5 nitrogen and oxygen atoms in total. The summed E-state index contributed by atoms with van der Waals surface area (Å²) in [5.41, 5.74) is 0.906. The van der Waals surface area contributed by atoms with Crippen molar-refractivity contribution in [1.29, 1.82) is 0 Å². The topological polar surface area (TPSA) is 48.0 Å². The van der Waals surface area contributed by atoms with Gasteiger partial charge in [-0.1, -0.05) is 0 Å². The van der Waals surface area contributed by atoms with Crippen molar-refractivity contribution in [3.63, 3.8) is 0 Å². The van der Waals surface area contributed by atoms with E-state index in [4.69, 9.17) is 6.57 Å². The first-order chi connectivity index (χ1) is 6.90. The largest absolute Gasteiger partial charge is 0.312 e. The van der Waals surface area contributed by atoms with Crippen molar-refractivity contribution in [1.82, 2.24) is 19.7 Å². The highest BCUT2D eigenvalue weighted by Gasteiger charge is 1.99. The van der Waals surface area contributed by atoms with Gasteiger partial charge in [0.1, 0.15) is 12.7 Å². The highest BCUT2D eigenvalue weighted by molar-refractivity contribution is 5.24. The first-order valence-corrected chi connectivity index (χ1v) is 4.03. The lowest BCUT2D eigenvalue weighted by atomic mass is 10.3. The zero-order chi connectivity index (χ0) is 9.80. The lowest BCUT2D eigenvalue weighted by molar-refractivity contribution is 0.843. The number of nitrogens with zero attached hydrogens (tertiary/aromatic N) is 5. The second-order valence-electron chi connectivity index (χ2n) is 2.68. The molecule has 2 rings (SSSR count). The molecule has 0 aliphatic carbocycles. The zero-order valence-electron chi connectivity index (χ0n) is 7.33. The Bertz CT molecular complexity index is 437. The van der Waals surface area contributed by atoms with Gasteiger partial charge < -0.3 is 4.85 Å². The molecule has 0 saturated carbocycles. The van der Waals surface area contributed by atoms with E-state index in [9.17, 15) is 0 Å². The number of hydrogen-bond acceptors (Lipinski definition) is 3. The summed E-state index contributed by atoms with van der Waals surface area (Å²) in [5.74, 6) is 0.705. The molecule has 0 radical (unpaired) electrons. The molecule has 0 amide bonds. The summed E-state index contributed by atoms with van der Waals surface area (Å²) in [6.45, 7) is 7.07. The lowest BCUT2D eigenvalue weighted by Crippen LogP contribution is -1.97. The minimum Gasteiger partial charge on any atom is -0.312 e. The second kappa shape index (κ2) is 3.66. The van der Waals surface area contributed by atoms with Gasteiger partial charge in [0.25, 0.3) is 0 Å². The Balaban J connectivity index is 2.27. The van der Waals surface area contributed by atoms with Crippen LogP contribution in [0.4, 0.5) is 0 Å². The molecule has 2 aromatic heterocycles. The Morgan fingerprint density at radius 2 is 2.36 bits per heavy atom. The molecule has 0 spiro atoms. The van der Waals surface area contributed by atoms with Crippen LogP contribution in [0.15, 0.2) is 31.0 Å². The minimum absolute atomic E-state index is 0.366. The van der Waals surface area contributed by atoms with E-state index in [0.29, 0.717) is 12.4 Å². The van der Waals surface area contributed by atoms with Gasteiger partial charge in [-0.15, -0.1) is 0 Å². The number of hydrogen-bond donors (Lipinski definition) is 0. The summed E-state index contributed by atoms with van der Waals surface area (Å²) in [6.07, 6.45) is 4.71. The maximum absolute atomic E-state index is 6.70. The van der Waals surface area contributed by atoms with Crippen molar-refractivity contribution in [2.45, 2.75) is 6.54 Å². The molecule has 0 bridgehead atoms. The molecule has 68 valence electrons. The smallest absolute Gasteiger partial charge is 0.241 e. The van der Waals surface area contributed by atoms with Gasteiger partial charge in [-0.25, -0.2) is 21.2 Å². The van der Waals surface area contributed by atoms with Gasteiger partial charge >= 0.3 is 0 Å². The molecule has 0 fully saturated rings. The van der Waals surface area contributed by atoms with Crippen LogP contribution in [-0.2, 0) is 6.54 Å². The first-order valence-electron chi connectivity index (χ1n) is 4.03. The number of rotatable bonds is 2. The van der Waals surface area contributed by atoms with Crippen LogP contribution in [0.5, 0.6) is 0 Å². The minimum atomic E-state index is 0.366. The van der Waals surface area contributed by atoms with Crippen molar-refractivity contribution < 1.29 is 0 Å². The molecular weight excluding hydrogens is 178 g/mol. The quantitative estimate of drug-likeness (QED) is 0.658. The molecule has 0 aliphatic rings. The van der Waals surface area contributed by atoms with Gasteiger partial charge in [-0.05, 0) is 12.1 Å². The summed E-state index contributed by atoms with van der Waals surface area (Å²) < 4.78 is 1.57. The summed E-state index contributed by atoms with van der Waals surface area (Å²) in [6, 6.07) is 3.68. The maximum Gasteiger partial charge on any atom is 0.241 e. The van der Waals surface area contributed by atoms with Gasteiger partial charge in [0.05, 0.1) is 0 Å². The molecule has 0 aliphatic heterocycles. The fraction of sp³-hybridized carbons (Fsp3) is 0.111. The monoisotopic (exact) mass is 185 g/mol. The predicted octanol–water partition coefficient (Wildman–Crippen LogP) is 1.08. The second-order valence-corrected chi connectivity index (χ2v) is 2.68. The van der Waals surface area contributed by atoms with Crippen LogP contribution in [0.3, 0.4) is 0 Å². The average Bonchev–Trinajstić information content (AvgIpc) is 2.72. The summed E-state index contributed by atoms with van der Waals surface area (Å²) in [5, 5.41) is 3.94. The normalized spacial score (nSPS) is 9.64. The van der Waals surface area contributed by atoms with E-state index in [1.165, 1.54) is 6.33 Å². The van der Waals surface area contributed by atoms with Gasteiger partial charge in [0.2, 0.25) is 6.54 Å². The van der Waals surface area contributed by atoms with Crippen molar-refractivity contribution in [3.05, 3.63) is 48.0 Å². The van der Waals surface area contributed by atoms with E-state index in [-0.39, 0.29) is 0 Å². The Morgan fingerprint density at radius 3 is 2.93 bits per heavy atom. The van der Waals surface area contributed by atoms with Crippen LogP contribution in [0, 0.1) is 6.57 Å². The third-order valence-electron chi connectivity index (χ3n) is 1.72. The SMILES string of the molecule is [C-]#[N+]Cc1ccc(-n2cncn2)nc1. The summed E-state index contributed by atoms with van der Waals surface area (Å²) in [4.78, 5) is 11.3. The van der Waals surface area contributed by atoms with Crippen LogP contribution in [-0.4, -0.2) is 19.7 Å². The van der Waals surface area contributed by atoms with Crippen LogP contribution in [0.1, 0.15) is 5.56 Å².